The van der Waals surface area contributed by atoms with Crippen LogP contribution in [-0.2, 0) is 6.54 Å². The predicted octanol–water partition coefficient (Wildman–Crippen LogP) is 4.35. The van der Waals surface area contributed by atoms with Gasteiger partial charge in [-0.1, -0.05) is 0 Å². The summed E-state index contributed by atoms with van der Waals surface area (Å²) in [6.07, 6.45) is 0. The van der Waals surface area contributed by atoms with Crippen molar-refractivity contribution in [3.63, 3.8) is 0 Å². The minimum Gasteiger partial charge on any atom is -0.369 e. The van der Waals surface area contributed by atoms with Crippen LogP contribution in [0.2, 0.25) is 0 Å². The van der Waals surface area contributed by atoms with E-state index in [1.807, 2.05) is 25.2 Å². The van der Waals surface area contributed by atoms with Gasteiger partial charge in [-0.05, 0) is 63.4 Å². The molecular weight excluding hydrogens is 310 g/mol. The van der Waals surface area contributed by atoms with E-state index in [9.17, 15) is 4.79 Å². The second-order valence-electron chi connectivity index (χ2n) is 4.21. The van der Waals surface area contributed by atoms with Crippen molar-refractivity contribution in [1.29, 1.82) is 0 Å². The van der Waals surface area contributed by atoms with Crippen molar-refractivity contribution >= 4 is 38.7 Å². The number of halogens is 1. The van der Waals surface area contributed by atoms with Gasteiger partial charge in [0.25, 0.3) is 0 Å². The molecule has 0 unspecified atom stereocenters. The number of hydrogen-bond acceptors (Lipinski definition) is 3. The molecule has 0 N–H and O–H groups in total. The Balaban J connectivity index is 2.20. The van der Waals surface area contributed by atoms with Crippen LogP contribution >= 0.6 is 27.3 Å². The fourth-order valence-corrected chi connectivity index (χ4v) is 3.12. The van der Waals surface area contributed by atoms with E-state index in [2.05, 4.69) is 37.7 Å². The van der Waals surface area contributed by atoms with Crippen LogP contribution in [0.5, 0.6) is 0 Å². The number of ketones is 1. The van der Waals surface area contributed by atoms with E-state index in [0.29, 0.717) is 0 Å². The Labute approximate surface area is 119 Å². The Kier molecular flexibility index (Phi) is 4.19. The minimum absolute atomic E-state index is 0.0859. The van der Waals surface area contributed by atoms with Crippen LogP contribution in [0.15, 0.2) is 39.5 Å². The van der Waals surface area contributed by atoms with Crippen LogP contribution in [0.3, 0.4) is 0 Å². The molecule has 1 heterocycles. The SMILES string of the molecule is CC(=O)c1ccc(N(C)Cc2ccsc2)c(Br)c1. The average Bonchev–Trinajstić information content (AvgIpc) is 2.81. The molecule has 0 fully saturated rings. The van der Waals surface area contributed by atoms with Crippen LogP contribution in [0, 0.1) is 0 Å². The third-order valence-electron chi connectivity index (χ3n) is 2.77. The summed E-state index contributed by atoms with van der Waals surface area (Å²) in [5, 5.41) is 4.23. The zero-order valence-electron chi connectivity index (χ0n) is 10.3. The van der Waals surface area contributed by atoms with Crippen molar-refractivity contribution in [3.05, 3.63) is 50.6 Å². The number of benzene rings is 1. The largest absolute Gasteiger partial charge is 0.369 e. The first-order valence-electron chi connectivity index (χ1n) is 5.60. The van der Waals surface area contributed by atoms with Crippen LogP contribution in [0.25, 0.3) is 0 Å². The van der Waals surface area contributed by atoms with Gasteiger partial charge >= 0.3 is 0 Å². The molecule has 0 saturated carbocycles. The normalized spacial score (nSPS) is 10.4. The van der Waals surface area contributed by atoms with E-state index in [1.165, 1.54) is 5.56 Å². The first-order valence-corrected chi connectivity index (χ1v) is 7.34. The number of carbonyl (C=O) groups excluding carboxylic acids is 1. The predicted molar refractivity (Wildman–Crippen MR) is 80.6 cm³/mol. The van der Waals surface area contributed by atoms with E-state index < -0.39 is 0 Å². The smallest absolute Gasteiger partial charge is 0.159 e. The van der Waals surface area contributed by atoms with Crippen molar-refractivity contribution in [3.8, 4) is 0 Å². The third kappa shape index (κ3) is 3.00. The van der Waals surface area contributed by atoms with Crippen molar-refractivity contribution in [2.45, 2.75) is 13.5 Å². The second-order valence-corrected chi connectivity index (χ2v) is 5.84. The average molecular weight is 324 g/mol. The summed E-state index contributed by atoms with van der Waals surface area (Å²) in [6, 6.07) is 7.85. The molecule has 0 spiro atoms. The highest BCUT2D eigenvalue weighted by atomic mass is 79.9. The van der Waals surface area contributed by atoms with Crippen molar-refractivity contribution < 1.29 is 4.79 Å². The van der Waals surface area contributed by atoms with E-state index in [-0.39, 0.29) is 5.78 Å². The quantitative estimate of drug-likeness (QED) is 0.779. The maximum Gasteiger partial charge on any atom is 0.159 e. The molecule has 1 aromatic heterocycles. The molecule has 94 valence electrons. The molecular formula is C14H14BrNOS. The van der Waals surface area contributed by atoms with Gasteiger partial charge in [-0.2, -0.15) is 11.3 Å². The molecule has 0 aliphatic heterocycles. The molecule has 0 amide bonds. The molecule has 18 heavy (non-hydrogen) atoms. The van der Waals surface area contributed by atoms with Gasteiger partial charge in [0.1, 0.15) is 0 Å². The van der Waals surface area contributed by atoms with E-state index in [4.69, 9.17) is 0 Å². The Morgan fingerprint density at radius 3 is 2.72 bits per heavy atom. The molecule has 0 aliphatic rings. The number of carbonyl (C=O) groups is 1. The molecule has 0 saturated heterocycles. The summed E-state index contributed by atoms with van der Waals surface area (Å²) in [7, 11) is 2.05. The standard InChI is InChI=1S/C14H14BrNOS/c1-10(17)12-3-4-14(13(15)7-12)16(2)8-11-5-6-18-9-11/h3-7,9H,8H2,1-2H3. The van der Waals surface area contributed by atoms with Gasteiger partial charge < -0.3 is 4.90 Å². The molecule has 0 atom stereocenters. The van der Waals surface area contributed by atoms with Gasteiger partial charge in [-0.25, -0.2) is 0 Å². The summed E-state index contributed by atoms with van der Waals surface area (Å²) < 4.78 is 0.952. The molecule has 1 aromatic carbocycles. The zero-order chi connectivity index (χ0) is 13.1. The van der Waals surface area contributed by atoms with Gasteiger partial charge in [-0.3, -0.25) is 4.79 Å². The van der Waals surface area contributed by atoms with E-state index in [1.54, 1.807) is 18.3 Å². The maximum absolute atomic E-state index is 11.3. The first kappa shape index (κ1) is 13.3. The molecule has 0 bridgehead atoms. The number of anilines is 1. The van der Waals surface area contributed by atoms with Gasteiger partial charge in [0.15, 0.2) is 5.78 Å². The fraction of sp³-hybridized carbons (Fsp3) is 0.214. The first-order chi connectivity index (χ1) is 8.58. The fourth-order valence-electron chi connectivity index (χ4n) is 1.78. The van der Waals surface area contributed by atoms with Crippen molar-refractivity contribution in [2.24, 2.45) is 0 Å². The summed E-state index contributed by atoms with van der Waals surface area (Å²) in [6.45, 7) is 2.44. The van der Waals surface area contributed by atoms with E-state index >= 15 is 0 Å². The lowest BCUT2D eigenvalue weighted by molar-refractivity contribution is 0.101. The molecule has 4 heteroatoms. The van der Waals surface area contributed by atoms with Crippen LogP contribution in [0.1, 0.15) is 22.8 Å². The topological polar surface area (TPSA) is 20.3 Å². The van der Waals surface area contributed by atoms with Crippen LogP contribution in [-0.4, -0.2) is 12.8 Å². The van der Waals surface area contributed by atoms with Gasteiger partial charge in [-0.15, -0.1) is 0 Å². The summed E-state index contributed by atoms with van der Waals surface area (Å²) in [4.78, 5) is 13.5. The van der Waals surface area contributed by atoms with Crippen LogP contribution < -0.4 is 4.90 Å². The van der Waals surface area contributed by atoms with Gasteiger partial charge in [0.05, 0.1) is 5.69 Å². The number of hydrogen-bond donors (Lipinski definition) is 0. The summed E-state index contributed by atoms with van der Waals surface area (Å²) >= 11 is 5.23. The lowest BCUT2D eigenvalue weighted by atomic mass is 10.1. The Morgan fingerprint density at radius 1 is 1.39 bits per heavy atom. The molecule has 2 aromatic rings. The highest BCUT2D eigenvalue weighted by Gasteiger charge is 2.09. The maximum atomic E-state index is 11.3. The second kappa shape index (κ2) is 5.67. The number of thiophene rings is 1. The third-order valence-corrected chi connectivity index (χ3v) is 4.13. The summed E-state index contributed by atoms with van der Waals surface area (Å²) in [5.41, 5.74) is 3.12. The molecule has 0 radical (unpaired) electrons. The molecule has 2 rings (SSSR count). The van der Waals surface area contributed by atoms with Crippen molar-refractivity contribution in [2.75, 3.05) is 11.9 Å². The summed E-state index contributed by atoms with van der Waals surface area (Å²) in [5.74, 6) is 0.0859. The Morgan fingerprint density at radius 2 is 2.17 bits per heavy atom. The number of rotatable bonds is 4. The van der Waals surface area contributed by atoms with Gasteiger partial charge in [0.2, 0.25) is 0 Å². The minimum atomic E-state index is 0.0859. The lowest BCUT2D eigenvalue weighted by Gasteiger charge is -2.20. The Bertz CT molecular complexity index is 551. The zero-order valence-corrected chi connectivity index (χ0v) is 12.7. The van der Waals surface area contributed by atoms with Crippen LogP contribution in [0.4, 0.5) is 5.69 Å². The molecule has 0 aliphatic carbocycles. The monoisotopic (exact) mass is 323 g/mol. The van der Waals surface area contributed by atoms with E-state index in [0.717, 1.165) is 22.3 Å². The highest BCUT2D eigenvalue weighted by molar-refractivity contribution is 9.10. The lowest BCUT2D eigenvalue weighted by Crippen LogP contribution is -2.16. The van der Waals surface area contributed by atoms with Crippen molar-refractivity contribution in [1.82, 2.24) is 0 Å². The Hall–Kier alpha value is -1.13. The van der Waals surface area contributed by atoms with Gasteiger partial charge in [0, 0.05) is 23.6 Å². The number of nitrogens with zero attached hydrogens (tertiary/aromatic N) is 1. The number of Topliss-reactive ketones (excluding diaryl/α,β-unsaturated/α-hetero) is 1. The highest BCUT2D eigenvalue weighted by Crippen LogP contribution is 2.28. The molecule has 2 nitrogen and oxygen atoms in total.